The van der Waals surface area contributed by atoms with Crippen molar-refractivity contribution in [1.82, 2.24) is 0 Å². The Kier molecular flexibility index (Phi) is 7.84. The zero-order chi connectivity index (χ0) is 23.3. The molecule has 3 heteroatoms. The van der Waals surface area contributed by atoms with Gasteiger partial charge in [0.15, 0.2) is 0 Å². The van der Waals surface area contributed by atoms with Gasteiger partial charge in [0.2, 0.25) is 0 Å². The van der Waals surface area contributed by atoms with Crippen LogP contribution in [-0.2, 0) is 11.2 Å². The molecule has 0 atom stereocenters. The van der Waals surface area contributed by atoms with Gasteiger partial charge in [0, 0.05) is 9.80 Å². The second-order valence-corrected chi connectivity index (χ2v) is 10.5. The van der Waals surface area contributed by atoms with Crippen LogP contribution in [0.15, 0.2) is 98.4 Å². The highest BCUT2D eigenvalue weighted by atomic mass is 32.2. The summed E-state index contributed by atoms with van der Waals surface area (Å²) in [6, 6.07) is 8.18. The number of hydrogen-bond acceptors (Lipinski definition) is 2. The number of rotatable bonds is 6. The molecular weight excluding hydrogens is 412 g/mol. The lowest BCUT2D eigenvalue weighted by atomic mass is 9.72. The predicted octanol–water partition coefficient (Wildman–Crippen LogP) is 8.21. The summed E-state index contributed by atoms with van der Waals surface area (Å²) in [6.45, 7) is 10.9. The summed E-state index contributed by atoms with van der Waals surface area (Å²) >= 11 is 1.54. The molecule has 0 saturated heterocycles. The molecular formula is C29H34O2S. The first-order valence-electron chi connectivity index (χ1n) is 11.3. The summed E-state index contributed by atoms with van der Waals surface area (Å²) in [6.07, 6.45) is 16.8. The molecule has 1 aromatic carbocycles. The molecule has 2 nitrogen and oxygen atoms in total. The molecule has 0 bridgehead atoms. The molecule has 168 valence electrons. The van der Waals surface area contributed by atoms with Gasteiger partial charge in [-0.2, -0.15) is 0 Å². The van der Waals surface area contributed by atoms with Crippen LogP contribution in [-0.4, -0.2) is 11.1 Å². The average Bonchev–Trinajstić information content (AvgIpc) is 2.72. The average molecular weight is 447 g/mol. The van der Waals surface area contributed by atoms with Gasteiger partial charge in [-0.15, -0.1) is 0 Å². The van der Waals surface area contributed by atoms with Crippen LogP contribution in [0.3, 0.4) is 0 Å². The van der Waals surface area contributed by atoms with Crippen molar-refractivity contribution >= 4 is 17.7 Å². The molecule has 1 aliphatic heterocycles. The number of fused-ring (bicyclic) bond motifs is 1. The number of carboxylic acid groups (broad SMARTS) is 1. The van der Waals surface area contributed by atoms with Crippen LogP contribution in [0.25, 0.3) is 0 Å². The molecule has 1 aliphatic carbocycles. The summed E-state index contributed by atoms with van der Waals surface area (Å²) < 4.78 is 0. The van der Waals surface area contributed by atoms with Gasteiger partial charge in [0.05, 0.1) is 5.57 Å². The van der Waals surface area contributed by atoms with Gasteiger partial charge >= 0.3 is 5.97 Å². The van der Waals surface area contributed by atoms with E-state index in [1.165, 1.54) is 36.0 Å². The fraction of sp³-hybridized carbons (Fsp3) is 0.345. The smallest absolute Gasteiger partial charge is 0.337 e. The van der Waals surface area contributed by atoms with Crippen molar-refractivity contribution in [2.24, 2.45) is 5.41 Å². The van der Waals surface area contributed by atoms with Crippen LogP contribution in [0.5, 0.6) is 0 Å². The summed E-state index contributed by atoms with van der Waals surface area (Å²) in [7, 11) is 0. The third kappa shape index (κ3) is 5.83. The van der Waals surface area contributed by atoms with Gasteiger partial charge in [0.1, 0.15) is 0 Å². The minimum atomic E-state index is -0.882. The first-order valence-corrected chi connectivity index (χ1v) is 12.1. The molecule has 1 heterocycles. The second-order valence-electron chi connectivity index (χ2n) is 9.38. The SMILES string of the molecule is CC(C=CC1=C(C)CCCC1(C)C)=CC=CC(C)=C(C(=O)O)C1=CCc2ccccc2S1. The highest BCUT2D eigenvalue weighted by Crippen LogP contribution is 2.41. The van der Waals surface area contributed by atoms with Gasteiger partial charge in [-0.25, -0.2) is 4.79 Å². The summed E-state index contributed by atoms with van der Waals surface area (Å²) in [4.78, 5) is 14.0. The van der Waals surface area contributed by atoms with Crippen LogP contribution < -0.4 is 0 Å². The summed E-state index contributed by atoms with van der Waals surface area (Å²) in [5.41, 5.74) is 6.71. The topological polar surface area (TPSA) is 37.3 Å². The molecule has 0 spiro atoms. The lowest BCUT2D eigenvalue weighted by Crippen LogP contribution is -2.19. The van der Waals surface area contributed by atoms with Crippen molar-refractivity contribution in [3.63, 3.8) is 0 Å². The molecule has 2 aliphatic rings. The lowest BCUT2D eigenvalue weighted by molar-refractivity contribution is -0.132. The molecule has 1 aromatic rings. The predicted molar refractivity (Wildman–Crippen MR) is 137 cm³/mol. The second kappa shape index (κ2) is 10.4. The molecule has 0 fully saturated rings. The van der Waals surface area contributed by atoms with Gasteiger partial charge in [-0.3, -0.25) is 0 Å². The Morgan fingerprint density at radius 2 is 1.91 bits per heavy atom. The number of carboxylic acids is 1. The largest absolute Gasteiger partial charge is 0.478 e. The van der Waals surface area contributed by atoms with Crippen molar-refractivity contribution in [3.8, 4) is 0 Å². The molecule has 0 aromatic heterocycles. The van der Waals surface area contributed by atoms with E-state index in [0.717, 1.165) is 27.4 Å². The first-order chi connectivity index (χ1) is 15.2. The standard InChI is InChI=1S/C29H34O2S/c1-20(15-17-24-21(2)12-9-19-29(24,4)5)10-8-11-22(3)27(28(30)31)26-18-16-23-13-6-7-14-25(23)32-26/h6-8,10-11,13-15,17-18H,9,12,16,19H2,1-5H3,(H,30,31). The molecule has 0 radical (unpaired) electrons. The van der Waals surface area contributed by atoms with Gasteiger partial charge in [-0.1, -0.05) is 91.4 Å². The highest BCUT2D eigenvalue weighted by molar-refractivity contribution is 8.03. The molecule has 32 heavy (non-hydrogen) atoms. The van der Waals surface area contributed by atoms with E-state index < -0.39 is 5.97 Å². The number of allylic oxidation sites excluding steroid dienone is 10. The normalized spacial score (nSPS) is 19.8. The lowest BCUT2D eigenvalue weighted by Gasteiger charge is -2.32. The zero-order valence-electron chi connectivity index (χ0n) is 19.9. The van der Waals surface area contributed by atoms with Crippen LogP contribution >= 0.6 is 11.8 Å². The molecule has 0 amide bonds. The van der Waals surface area contributed by atoms with E-state index in [0.29, 0.717) is 5.57 Å². The van der Waals surface area contributed by atoms with Crippen molar-refractivity contribution in [2.75, 3.05) is 0 Å². The van der Waals surface area contributed by atoms with Crippen molar-refractivity contribution in [2.45, 2.75) is 65.2 Å². The van der Waals surface area contributed by atoms with E-state index in [-0.39, 0.29) is 5.41 Å². The Labute approximate surface area is 197 Å². The molecule has 0 saturated carbocycles. The maximum atomic E-state index is 12.0. The zero-order valence-corrected chi connectivity index (χ0v) is 20.7. The Bertz CT molecular complexity index is 1070. The number of aliphatic carboxylic acids is 1. The van der Waals surface area contributed by atoms with Crippen LogP contribution in [0, 0.1) is 5.41 Å². The van der Waals surface area contributed by atoms with Crippen LogP contribution in [0.4, 0.5) is 0 Å². The Balaban J connectivity index is 1.77. The van der Waals surface area contributed by atoms with Gasteiger partial charge < -0.3 is 5.11 Å². The Hall–Kier alpha value is -2.52. The van der Waals surface area contributed by atoms with E-state index >= 15 is 0 Å². The minimum absolute atomic E-state index is 0.231. The number of benzene rings is 1. The van der Waals surface area contributed by atoms with E-state index in [1.54, 1.807) is 11.8 Å². The maximum absolute atomic E-state index is 12.0. The van der Waals surface area contributed by atoms with E-state index in [2.05, 4.69) is 52.0 Å². The van der Waals surface area contributed by atoms with E-state index in [9.17, 15) is 9.90 Å². The van der Waals surface area contributed by atoms with Crippen molar-refractivity contribution in [3.05, 3.63) is 99.1 Å². The molecule has 1 N–H and O–H groups in total. The Morgan fingerprint density at radius 1 is 1.16 bits per heavy atom. The van der Waals surface area contributed by atoms with Crippen molar-refractivity contribution in [1.29, 1.82) is 0 Å². The first kappa shape index (κ1) is 24.1. The number of thioether (sulfide) groups is 1. The minimum Gasteiger partial charge on any atom is -0.478 e. The molecule has 0 unspecified atom stereocenters. The van der Waals surface area contributed by atoms with Crippen LogP contribution in [0.2, 0.25) is 0 Å². The van der Waals surface area contributed by atoms with Gasteiger partial charge in [-0.05, 0) is 74.6 Å². The third-order valence-electron chi connectivity index (χ3n) is 6.32. The van der Waals surface area contributed by atoms with Gasteiger partial charge in [0.25, 0.3) is 0 Å². The summed E-state index contributed by atoms with van der Waals surface area (Å²) in [5, 5.41) is 9.88. The maximum Gasteiger partial charge on any atom is 0.337 e. The quantitative estimate of drug-likeness (QED) is 0.353. The monoisotopic (exact) mass is 446 g/mol. The van der Waals surface area contributed by atoms with E-state index in [1.807, 2.05) is 43.4 Å². The fourth-order valence-corrected chi connectivity index (χ4v) is 5.65. The third-order valence-corrected chi connectivity index (χ3v) is 7.52. The van der Waals surface area contributed by atoms with Crippen LogP contribution in [0.1, 0.15) is 59.4 Å². The van der Waals surface area contributed by atoms with E-state index in [4.69, 9.17) is 0 Å². The number of carbonyl (C=O) groups is 1. The highest BCUT2D eigenvalue weighted by Gasteiger charge is 2.26. The number of hydrogen-bond donors (Lipinski definition) is 1. The molecule has 3 rings (SSSR count). The summed E-state index contributed by atoms with van der Waals surface area (Å²) in [5.74, 6) is -0.882. The van der Waals surface area contributed by atoms with Crippen molar-refractivity contribution < 1.29 is 9.90 Å². The fourth-order valence-electron chi connectivity index (χ4n) is 4.46. The Morgan fingerprint density at radius 3 is 2.62 bits per heavy atom.